The van der Waals surface area contributed by atoms with Crippen LogP contribution in [0.4, 0.5) is 5.69 Å². The van der Waals surface area contributed by atoms with Gasteiger partial charge in [0.2, 0.25) is 11.2 Å². The van der Waals surface area contributed by atoms with Crippen LogP contribution < -0.4 is 10.5 Å². The van der Waals surface area contributed by atoms with Gasteiger partial charge in [0.05, 0.1) is 9.26 Å². The molecule has 0 radical (unpaired) electrons. The van der Waals surface area contributed by atoms with Gasteiger partial charge < -0.3 is 10.5 Å². The lowest BCUT2D eigenvalue weighted by Gasteiger charge is -2.10. The van der Waals surface area contributed by atoms with Crippen LogP contribution in [0.15, 0.2) is 24.3 Å². The standard InChI is InChI=1S/C11H9ClIN3O/c1-6-9(14)10(16-11(12)15-6)17-8-5-3-2-4-7(8)13/h2-5H,14H2,1H3. The van der Waals surface area contributed by atoms with Gasteiger partial charge >= 0.3 is 0 Å². The summed E-state index contributed by atoms with van der Waals surface area (Å²) < 4.78 is 6.60. The number of nitrogen functional groups attached to an aromatic ring is 1. The Hall–Kier alpha value is -1.08. The fourth-order valence-electron chi connectivity index (χ4n) is 1.23. The van der Waals surface area contributed by atoms with E-state index >= 15 is 0 Å². The van der Waals surface area contributed by atoms with E-state index in [1.54, 1.807) is 6.92 Å². The number of hydrogen-bond acceptors (Lipinski definition) is 4. The molecule has 2 aromatic rings. The van der Waals surface area contributed by atoms with Crippen LogP contribution >= 0.6 is 34.2 Å². The molecule has 2 N–H and O–H groups in total. The number of hydrogen-bond donors (Lipinski definition) is 1. The Balaban J connectivity index is 2.40. The van der Waals surface area contributed by atoms with Crippen molar-refractivity contribution in [3.05, 3.63) is 38.8 Å². The third-order valence-electron chi connectivity index (χ3n) is 2.12. The first kappa shape index (κ1) is 12.4. The second-order valence-electron chi connectivity index (χ2n) is 3.33. The summed E-state index contributed by atoms with van der Waals surface area (Å²) in [4.78, 5) is 7.92. The fourth-order valence-corrected chi connectivity index (χ4v) is 1.93. The topological polar surface area (TPSA) is 61.0 Å². The van der Waals surface area contributed by atoms with Crippen LogP contribution in [0.5, 0.6) is 11.6 Å². The Morgan fingerprint density at radius 2 is 2.00 bits per heavy atom. The van der Waals surface area contributed by atoms with E-state index < -0.39 is 0 Å². The zero-order chi connectivity index (χ0) is 12.4. The number of aryl methyl sites for hydroxylation is 1. The maximum atomic E-state index is 5.84. The van der Waals surface area contributed by atoms with Gasteiger partial charge in [-0.1, -0.05) is 12.1 Å². The van der Waals surface area contributed by atoms with Gasteiger partial charge in [0.1, 0.15) is 11.4 Å². The number of halogens is 2. The predicted molar refractivity (Wildman–Crippen MR) is 75.4 cm³/mol. The molecule has 0 atom stereocenters. The van der Waals surface area contributed by atoms with Crippen LogP contribution in [-0.2, 0) is 0 Å². The van der Waals surface area contributed by atoms with Crippen molar-refractivity contribution in [1.29, 1.82) is 0 Å². The number of aromatic nitrogens is 2. The zero-order valence-corrected chi connectivity index (χ0v) is 11.9. The maximum Gasteiger partial charge on any atom is 0.247 e. The fraction of sp³-hybridized carbons (Fsp3) is 0.0909. The smallest absolute Gasteiger partial charge is 0.247 e. The lowest BCUT2D eigenvalue weighted by atomic mass is 10.3. The zero-order valence-electron chi connectivity index (χ0n) is 8.95. The van der Waals surface area contributed by atoms with Crippen molar-refractivity contribution < 1.29 is 4.74 Å². The van der Waals surface area contributed by atoms with E-state index in [1.165, 1.54) is 0 Å². The van der Waals surface area contributed by atoms with Gasteiger partial charge in [0, 0.05) is 0 Å². The summed E-state index contributed by atoms with van der Waals surface area (Å²) in [5.74, 6) is 0.973. The average Bonchev–Trinajstić information content (AvgIpc) is 2.28. The van der Waals surface area contributed by atoms with Crippen molar-refractivity contribution in [2.75, 3.05) is 5.73 Å². The van der Waals surface area contributed by atoms with Crippen molar-refractivity contribution in [3.8, 4) is 11.6 Å². The van der Waals surface area contributed by atoms with E-state index in [-0.39, 0.29) is 11.2 Å². The van der Waals surface area contributed by atoms with Gasteiger partial charge in [0.15, 0.2) is 0 Å². The van der Waals surface area contributed by atoms with Gasteiger partial charge in [-0.05, 0) is 53.2 Å². The second-order valence-corrected chi connectivity index (χ2v) is 4.83. The summed E-state index contributed by atoms with van der Waals surface area (Å²) in [6.07, 6.45) is 0. The first-order valence-electron chi connectivity index (χ1n) is 4.80. The molecule has 0 aliphatic heterocycles. The van der Waals surface area contributed by atoms with Crippen molar-refractivity contribution in [2.45, 2.75) is 6.92 Å². The van der Waals surface area contributed by atoms with Crippen LogP contribution in [0.2, 0.25) is 5.28 Å². The number of ether oxygens (including phenoxy) is 1. The van der Waals surface area contributed by atoms with Crippen LogP contribution in [0, 0.1) is 10.5 Å². The maximum absolute atomic E-state index is 5.84. The molecule has 0 saturated heterocycles. The number of nitrogens with two attached hydrogens (primary N) is 1. The molecule has 2 rings (SSSR count). The predicted octanol–water partition coefficient (Wildman–Crippen LogP) is 3.42. The lowest BCUT2D eigenvalue weighted by Crippen LogP contribution is -2.01. The third kappa shape index (κ3) is 2.78. The minimum Gasteiger partial charge on any atom is -0.436 e. The van der Waals surface area contributed by atoms with Gasteiger partial charge in [-0.2, -0.15) is 4.98 Å². The third-order valence-corrected chi connectivity index (χ3v) is 3.18. The summed E-state index contributed by atoms with van der Waals surface area (Å²) >= 11 is 7.94. The minimum atomic E-state index is 0.123. The summed E-state index contributed by atoms with van der Waals surface area (Å²) in [6.45, 7) is 1.76. The number of benzene rings is 1. The Morgan fingerprint density at radius 1 is 1.29 bits per heavy atom. The van der Waals surface area contributed by atoms with E-state index in [2.05, 4.69) is 32.6 Å². The largest absolute Gasteiger partial charge is 0.436 e. The highest BCUT2D eigenvalue weighted by atomic mass is 127. The van der Waals surface area contributed by atoms with Gasteiger partial charge in [-0.25, -0.2) is 4.98 Å². The minimum absolute atomic E-state index is 0.123. The van der Waals surface area contributed by atoms with Gasteiger partial charge in [0.25, 0.3) is 0 Å². The van der Waals surface area contributed by atoms with Gasteiger partial charge in [-0.3, -0.25) is 0 Å². The summed E-state index contributed by atoms with van der Waals surface area (Å²) in [5.41, 5.74) is 6.84. The van der Waals surface area contributed by atoms with Crippen LogP contribution in [0.25, 0.3) is 0 Å². The van der Waals surface area contributed by atoms with Crippen molar-refractivity contribution >= 4 is 39.9 Å². The highest BCUT2D eigenvalue weighted by Crippen LogP contribution is 2.30. The molecule has 1 aromatic heterocycles. The van der Waals surface area contributed by atoms with E-state index in [4.69, 9.17) is 22.1 Å². The van der Waals surface area contributed by atoms with E-state index in [9.17, 15) is 0 Å². The summed E-state index contributed by atoms with van der Waals surface area (Å²) in [7, 11) is 0. The lowest BCUT2D eigenvalue weighted by molar-refractivity contribution is 0.460. The normalized spacial score (nSPS) is 10.3. The highest BCUT2D eigenvalue weighted by Gasteiger charge is 2.11. The molecule has 0 aliphatic carbocycles. The molecule has 0 saturated carbocycles. The monoisotopic (exact) mass is 361 g/mol. The quantitative estimate of drug-likeness (QED) is 0.658. The molecule has 0 spiro atoms. The average molecular weight is 362 g/mol. The molecule has 6 heteroatoms. The molecule has 0 bridgehead atoms. The van der Waals surface area contributed by atoms with E-state index in [1.807, 2.05) is 24.3 Å². The number of nitrogens with zero attached hydrogens (tertiary/aromatic N) is 2. The molecule has 0 fully saturated rings. The number of para-hydroxylation sites is 1. The molecule has 17 heavy (non-hydrogen) atoms. The Morgan fingerprint density at radius 3 is 2.71 bits per heavy atom. The Kier molecular flexibility index (Phi) is 3.68. The van der Waals surface area contributed by atoms with Crippen LogP contribution in [0.3, 0.4) is 0 Å². The highest BCUT2D eigenvalue weighted by molar-refractivity contribution is 14.1. The van der Waals surface area contributed by atoms with Crippen molar-refractivity contribution in [1.82, 2.24) is 9.97 Å². The second kappa shape index (κ2) is 5.05. The number of rotatable bonds is 2. The molecule has 1 aromatic carbocycles. The SMILES string of the molecule is Cc1nc(Cl)nc(Oc2ccccc2I)c1N. The first-order chi connectivity index (χ1) is 8.08. The van der Waals surface area contributed by atoms with E-state index in [0.29, 0.717) is 17.1 Å². The molecule has 0 unspecified atom stereocenters. The molecule has 1 heterocycles. The van der Waals surface area contributed by atoms with Crippen molar-refractivity contribution in [2.24, 2.45) is 0 Å². The molecule has 88 valence electrons. The molecular formula is C11H9ClIN3O. The van der Waals surface area contributed by atoms with Gasteiger partial charge in [-0.15, -0.1) is 0 Å². The van der Waals surface area contributed by atoms with Crippen molar-refractivity contribution in [3.63, 3.8) is 0 Å². The Labute approximate surface area is 117 Å². The molecular weight excluding hydrogens is 352 g/mol. The Bertz CT molecular complexity index is 562. The molecule has 4 nitrogen and oxygen atoms in total. The van der Waals surface area contributed by atoms with Crippen LogP contribution in [0.1, 0.15) is 5.69 Å². The molecule has 0 aliphatic rings. The summed E-state index contributed by atoms with van der Waals surface area (Å²) in [5, 5.41) is 0.123. The first-order valence-corrected chi connectivity index (χ1v) is 6.25. The molecule has 0 amide bonds. The van der Waals surface area contributed by atoms with Crippen LogP contribution in [-0.4, -0.2) is 9.97 Å². The van der Waals surface area contributed by atoms with E-state index in [0.717, 1.165) is 3.57 Å². The number of anilines is 1. The summed E-state index contributed by atoms with van der Waals surface area (Å²) in [6, 6.07) is 7.58.